The second-order valence-electron chi connectivity index (χ2n) is 5.35. The van der Waals surface area contributed by atoms with Crippen LogP contribution in [0.15, 0.2) is 47.4 Å². The summed E-state index contributed by atoms with van der Waals surface area (Å²) in [6.45, 7) is 2.10. The molecule has 0 bridgehead atoms. The van der Waals surface area contributed by atoms with Crippen molar-refractivity contribution in [3.8, 4) is 0 Å². The van der Waals surface area contributed by atoms with Crippen molar-refractivity contribution in [2.45, 2.75) is 24.8 Å². The minimum Gasteiger partial charge on any atom is -0.326 e. The number of nitrogens with one attached hydrogen (secondary N) is 2. The van der Waals surface area contributed by atoms with Gasteiger partial charge in [-0.2, -0.15) is 0 Å². The summed E-state index contributed by atoms with van der Waals surface area (Å²) >= 11 is 0. The highest BCUT2D eigenvalue weighted by Gasteiger charge is 2.18. The smallest absolute Gasteiger partial charge is 0.240 e. The van der Waals surface area contributed by atoms with Crippen molar-refractivity contribution in [2.24, 2.45) is 0 Å². The molecule has 3 rings (SSSR count). The Hall–Kier alpha value is -2.18. The van der Waals surface area contributed by atoms with Gasteiger partial charge in [-0.25, -0.2) is 13.1 Å². The van der Waals surface area contributed by atoms with Gasteiger partial charge in [-0.1, -0.05) is 29.8 Å². The molecule has 0 aromatic heterocycles. The van der Waals surface area contributed by atoms with E-state index in [0.29, 0.717) is 6.42 Å². The molecule has 0 aliphatic carbocycles. The van der Waals surface area contributed by atoms with Crippen LogP contribution in [0.25, 0.3) is 0 Å². The lowest BCUT2D eigenvalue weighted by Crippen LogP contribution is -2.23. The van der Waals surface area contributed by atoms with Crippen LogP contribution >= 0.6 is 0 Å². The predicted octanol–water partition coefficient (Wildman–Crippen LogP) is 1.97. The fraction of sp³-hybridized carbons (Fsp3) is 0.188. The summed E-state index contributed by atoms with van der Waals surface area (Å²) in [5.41, 5.74) is 3.54. The lowest BCUT2D eigenvalue weighted by molar-refractivity contribution is -0.115. The fourth-order valence-electron chi connectivity index (χ4n) is 2.37. The van der Waals surface area contributed by atoms with Crippen LogP contribution in [0.5, 0.6) is 0 Å². The predicted molar refractivity (Wildman–Crippen MR) is 84.0 cm³/mol. The monoisotopic (exact) mass is 316 g/mol. The van der Waals surface area contributed by atoms with Crippen molar-refractivity contribution in [1.82, 2.24) is 4.72 Å². The number of anilines is 1. The molecule has 6 heteroatoms. The third-order valence-corrected chi connectivity index (χ3v) is 5.01. The summed E-state index contributed by atoms with van der Waals surface area (Å²) in [6.07, 6.45) is 0.341. The third-order valence-electron chi connectivity index (χ3n) is 3.59. The lowest BCUT2D eigenvalue weighted by Gasteiger charge is -2.08. The molecule has 1 aliphatic rings. The topological polar surface area (TPSA) is 75.3 Å². The first kappa shape index (κ1) is 14.7. The maximum Gasteiger partial charge on any atom is 0.240 e. The summed E-state index contributed by atoms with van der Waals surface area (Å²) in [5, 5.41) is 2.75. The first-order valence-corrected chi connectivity index (χ1v) is 8.40. The van der Waals surface area contributed by atoms with E-state index in [2.05, 4.69) is 10.0 Å². The zero-order chi connectivity index (χ0) is 15.7. The molecule has 1 aliphatic heterocycles. The molecule has 1 heterocycles. The van der Waals surface area contributed by atoms with Crippen LogP contribution in [0, 0.1) is 6.92 Å². The van der Waals surface area contributed by atoms with Gasteiger partial charge in [0.25, 0.3) is 0 Å². The largest absolute Gasteiger partial charge is 0.326 e. The van der Waals surface area contributed by atoms with Crippen LogP contribution < -0.4 is 10.0 Å². The van der Waals surface area contributed by atoms with Crippen LogP contribution in [0.2, 0.25) is 0 Å². The minimum absolute atomic E-state index is 0.0348. The molecule has 0 spiro atoms. The van der Waals surface area contributed by atoms with Crippen molar-refractivity contribution in [1.29, 1.82) is 0 Å². The van der Waals surface area contributed by atoms with Crippen molar-refractivity contribution in [3.05, 3.63) is 59.2 Å². The summed E-state index contributed by atoms with van der Waals surface area (Å²) < 4.78 is 27.0. The molecular weight excluding hydrogens is 300 g/mol. The lowest BCUT2D eigenvalue weighted by atomic mass is 10.1. The van der Waals surface area contributed by atoms with E-state index < -0.39 is 10.0 Å². The molecule has 5 nitrogen and oxygen atoms in total. The number of hydrogen-bond donors (Lipinski definition) is 2. The number of aryl methyl sites for hydroxylation is 1. The zero-order valence-electron chi connectivity index (χ0n) is 12.1. The van der Waals surface area contributed by atoms with Gasteiger partial charge in [0.15, 0.2) is 0 Å². The summed E-state index contributed by atoms with van der Waals surface area (Å²) in [5.74, 6) is -0.0348. The molecule has 2 aromatic carbocycles. The Labute approximate surface area is 129 Å². The Kier molecular flexibility index (Phi) is 3.72. The summed E-state index contributed by atoms with van der Waals surface area (Å²) in [6, 6.07) is 12.2. The fourth-order valence-corrected chi connectivity index (χ4v) is 3.39. The number of carbonyl (C=O) groups is 1. The van der Waals surface area contributed by atoms with Crippen LogP contribution in [0.4, 0.5) is 5.69 Å². The molecular formula is C16H16N2O3S. The third kappa shape index (κ3) is 3.03. The van der Waals surface area contributed by atoms with Gasteiger partial charge in [0, 0.05) is 12.2 Å². The highest BCUT2D eigenvalue weighted by molar-refractivity contribution is 7.89. The Morgan fingerprint density at radius 1 is 1.14 bits per heavy atom. The molecule has 22 heavy (non-hydrogen) atoms. The highest BCUT2D eigenvalue weighted by atomic mass is 32.2. The van der Waals surface area contributed by atoms with Gasteiger partial charge in [0.1, 0.15) is 0 Å². The molecule has 0 fully saturated rings. The minimum atomic E-state index is -3.53. The van der Waals surface area contributed by atoms with Gasteiger partial charge in [0.2, 0.25) is 15.9 Å². The van der Waals surface area contributed by atoms with Crippen LogP contribution in [0.3, 0.4) is 0 Å². The number of hydrogen-bond acceptors (Lipinski definition) is 3. The average molecular weight is 316 g/mol. The van der Waals surface area contributed by atoms with Gasteiger partial charge in [-0.3, -0.25) is 4.79 Å². The Balaban J connectivity index is 1.74. The van der Waals surface area contributed by atoms with Crippen molar-refractivity contribution in [3.63, 3.8) is 0 Å². The molecule has 2 N–H and O–H groups in total. The number of amides is 1. The summed E-state index contributed by atoms with van der Waals surface area (Å²) in [4.78, 5) is 11.6. The van der Waals surface area contributed by atoms with Crippen molar-refractivity contribution in [2.75, 3.05) is 5.32 Å². The van der Waals surface area contributed by atoms with E-state index in [-0.39, 0.29) is 17.3 Å². The first-order chi connectivity index (χ1) is 10.4. The Bertz CT molecular complexity index is 827. The van der Waals surface area contributed by atoms with E-state index in [9.17, 15) is 13.2 Å². The molecule has 114 valence electrons. The molecule has 0 saturated heterocycles. The van der Waals surface area contributed by atoms with Gasteiger partial charge >= 0.3 is 0 Å². The zero-order valence-corrected chi connectivity index (χ0v) is 12.9. The van der Waals surface area contributed by atoms with Gasteiger partial charge < -0.3 is 5.32 Å². The van der Waals surface area contributed by atoms with Crippen LogP contribution in [0.1, 0.15) is 16.7 Å². The molecule has 0 radical (unpaired) electrons. The Morgan fingerprint density at radius 2 is 1.86 bits per heavy atom. The molecule has 2 aromatic rings. The number of sulfonamides is 1. The maximum atomic E-state index is 12.2. The van der Waals surface area contributed by atoms with E-state index >= 15 is 0 Å². The second-order valence-corrected chi connectivity index (χ2v) is 7.12. The Morgan fingerprint density at radius 3 is 2.59 bits per heavy atom. The molecule has 1 amide bonds. The quantitative estimate of drug-likeness (QED) is 0.905. The second kappa shape index (κ2) is 5.55. The van der Waals surface area contributed by atoms with E-state index in [4.69, 9.17) is 0 Å². The average Bonchev–Trinajstić information content (AvgIpc) is 2.85. The number of rotatable bonds is 4. The normalized spacial score (nSPS) is 13.8. The highest BCUT2D eigenvalue weighted by Crippen LogP contribution is 2.24. The van der Waals surface area contributed by atoms with Crippen LogP contribution in [-0.4, -0.2) is 14.3 Å². The first-order valence-electron chi connectivity index (χ1n) is 6.92. The maximum absolute atomic E-state index is 12.2. The SMILES string of the molecule is Cc1ccc(S(=O)(=O)NCc2ccc3c(c2)CC(=O)N3)cc1. The molecule has 0 saturated carbocycles. The van der Waals surface area contributed by atoms with Gasteiger partial charge in [-0.05, 0) is 36.2 Å². The van der Waals surface area contributed by atoms with Gasteiger partial charge in [-0.15, -0.1) is 0 Å². The van der Waals surface area contributed by atoms with Crippen molar-refractivity contribution < 1.29 is 13.2 Å². The number of fused-ring (bicyclic) bond motifs is 1. The van der Waals surface area contributed by atoms with Gasteiger partial charge in [0.05, 0.1) is 11.3 Å². The number of benzene rings is 2. The van der Waals surface area contributed by atoms with E-state index in [1.54, 1.807) is 30.3 Å². The molecule has 0 unspecified atom stereocenters. The van der Waals surface area contributed by atoms with E-state index in [0.717, 1.165) is 22.4 Å². The summed E-state index contributed by atoms with van der Waals surface area (Å²) in [7, 11) is -3.53. The van der Waals surface area contributed by atoms with E-state index in [1.165, 1.54) is 0 Å². The number of carbonyl (C=O) groups excluding carboxylic acids is 1. The molecule has 0 atom stereocenters. The van der Waals surface area contributed by atoms with E-state index in [1.807, 2.05) is 19.1 Å². The van der Waals surface area contributed by atoms with Crippen molar-refractivity contribution >= 4 is 21.6 Å². The van der Waals surface area contributed by atoms with Crippen LogP contribution in [-0.2, 0) is 27.8 Å². The standard InChI is InChI=1S/C16H16N2O3S/c1-11-2-5-14(6-3-11)22(20,21)17-10-12-4-7-15-13(8-12)9-16(19)18-15/h2-8,17H,9-10H2,1H3,(H,18,19).